The number of pyridine rings is 1. The molecule has 0 unspecified atom stereocenters. The first-order chi connectivity index (χ1) is 16.3. The number of hydrogen-bond acceptors (Lipinski definition) is 3. The zero-order chi connectivity index (χ0) is 24.7. The van der Waals surface area contributed by atoms with Gasteiger partial charge in [0.05, 0.1) is 11.8 Å². The molecule has 0 aliphatic heterocycles. The van der Waals surface area contributed by atoms with Gasteiger partial charge in [0.15, 0.2) is 0 Å². The third-order valence-electron chi connectivity index (χ3n) is 6.16. The highest BCUT2D eigenvalue weighted by atomic mass is 16.5. The molecule has 0 N–H and O–H groups in total. The highest BCUT2D eigenvalue weighted by Gasteiger charge is 2.20. The molecule has 1 aromatic heterocycles. The first-order valence-electron chi connectivity index (χ1n) is 12.9. The molecular formula is C31H42N2O. The molecule has 2 aromatic carbocycles. The molecule has 0 aliphatic rings. The van der Waals surface area contributed by atoms with Gasteiger partial charge in [0.2, 0.25) is 0 Å². The average Bonchev–Trinajstić information content (AvgIpc) is 2.80. The minimum absolute atomic E-state index is 0.105. The Morgan fingerprint density at radius 1 is 0.853 bits per heavy atom. The third kappa shape index (κ3) is 6.70. The van der Waals surface area contributed by atoms with E-state index in [1.807, 2.05) is 0 Å². The van der Waals surface area contributed by atoms with Crippen LogP contribution in [0.4, 0.5) is 0 Å². The van der Waals surface area contributed by atoms with Crippen LogP contribution >= 0.6 is 0 Å². The molecule has 3 heteroatoms. The van der Waals surface area contributed by atoms with Crippen LogP contribution in [0.5, 0.6) is 5.75 Å². The summed E-state index contributed by atoms with van der Waals surface area (Å²) in [5, 5.41) is 0. The minimum atomic E-state index is 0.105. The van der Waals surface area contributed by atoms with E-state index in [0.717, 1.165) is 49.6 Å². The summed E-state index contributed by atoms with van der Waals surface area (Å²) in [5.41, 5.74) is 8.59. The molecule has 3 rings (SSSR count). The van der Waals surface area contributed by atoms with Crippen LogP contribution in [0, 0.1) is 12.8 Å². The normalized spacial score (nSPS) is 11.6. The first-order valence-corrected chi connectivity index (χ1v) is 12.9. The zero-order valence-corrected chi connectivity index (χ0v) is 22.2. The second-order valence-corrected chi connectivity index (χ2v) is 9.94. The van der Waals surface area contributed by atoms with Crippen LogP contribution in [0.3, 0.4) is 0 Å². The Kier molecular flexibility index (Phi) is 9.29. The highest BCUT2D eigenvalue weighted by molar-refractivity contribution is 5.70. The number of benzene rings is 2. The molecule has 1 heterocycles. The third-order valence-corrected chi connectivity index (χ3v) is 6.16. The van der Waals surface area contributed by atoms with Crippen LogP contribution in [0.2, 0.25) is 0 Å². The topological polar surface area (TPSA) is 25.4 Å². The van der Waals surface area contributed by atoms with Crippen molar-refractivity contribution in [1.29, 1.82) is 0 Å². The summed E-state index contributed by atoms with van der Waals surface area (Å²) in [6.07, 6.45) is 2.09. The second-order valence-electron chi connectivity index (χ2n) is 9.94. The van der Waals surface area contributed by atoms with Gasteiger partial charge in [-0.3, -0.25) is 9.88 Å². The number of rotatable bonds is 11. The fraction of sp³-hybridized carbons (Fsp3) is 0.452. The molecule has 0 amide bonds. The van der Waals surface area contributed by atoms with E-state index in [-0.39, 0.29) is 6.10 Å². The molecule has 3 aromatic rings. The Morgan fingerprint density at radius 3 is 2.06 bits per heavy atom. The van der Waals surface area contributed by atoms with Crippen LogP contribution in [-0.4, -0.2) is 22.5 Å². The molecular weight excluding hydrogens is 416 g/mol. The lowest BCUT2D eigenvalue weighted by atomic mass is 9.94. The predicted octanol–water partition coefficient (Wildman–Crippen LogP) is 7.63. The summed E-state index contributed by atoms with van der Waals surface area (Å²) < 4.78 is 6.42. The van der Waals surface area contributed by atoms with E-state index in [2.05, 4.69) is 108 Å². The number of aromatic nitrogens is 1. The van der Waals surface area contributed by atoms with Crippen molar-refractivity contribution in [3.63, 3.8) is 0 Å². The molecule has 0 aliphatic carbocycles. The Labute approximate surface area is 207 Å². The number of aryl methyl sites for hydroxylation is 3. The summed E-state index contributed by atoms with van der Waals surface area (Å²) in [6.45, 7) is 18.1. The number of ether oxygens (including phenoxy) is 1. The van der Waals surface area contributed by atoms with E-state index < -0.39 is 0 Å². The van der Waals surface area contributed by atoms with Gasteiger partial charge in [-0.05, 0) is 56.2 Å². The van der Waals surface area contributed by atoms with E-state index in [0.29, 0.717) is 5.92 Å². The van der Waals surface area contributed by atoms with Crippen molar-refractivity contribution in [1.82, 2.24) is 9.88 Å². The van der Waals surface area contributed by atoms with Crippen LogP contribution < -0.4 is 4.74 Å². The maximum atomic E-state index is 6.42. The van der Waals surface area contributed by atoms with Gasteiger partial charge in [-0.25, -0.2) is 0 Å². The summed E-state index contributed by atoms with van der Waals surface area (Å²) >= 11 is 0. The molecule has 3 nitrogen and oxygen atoms in total. The molecule has 182 valence electrons. The lowest BCUT2D eigenvalue weighted by molar-refractivity contribution is 0.209. The maximum absolute atomic E-state index is 6.42. The minimum Gasteiger partial charge on any atom is -0.491 e. The van der Waals surface area contributed by atoms with E-state index in [1.165, 1.54) is 27.8 Å². The van der Waals surface area contributed by atoms with Crippen molar-refractivity contribution in [2.45, 2.75) is 80.5 Å². The standard InChI is InChI=1S/C31H42N2O/c1-8-26-16-13-17-27(9-2)31(26)29-18-30(34-23(5)6)28(24(7)32-29)21-33(19-22(3)4)20-25-14-11-10-12-15-25/h10-18,22-23H,8-9,19-21H2,1-7H3. The molecule has 0 spiro atoms. The maximum Gasteiger partial charge on any atom is 0.128 e. The fourth-order valence-corrected chi connectivity index (χ4v) is 4.69. The van der Waals surface area contributed by atoms with E-state index in [9.17, 15) is 0 Å². The van der Waals surface area contributed by atoms with Crippen LogP contribution in [0.25, 0.3) is 11.3 Å². The lowest BCUT2D eigenvalue weighted by Crippen LogP contribution is -2.28. The van der Waals surface area contributed by atoms with Crippen LogP contribution in [0.15, 0.2) is 54.6 Å². The highest BCUT2D eigenvalue weighted by Crippen LogP contribution is 2.34. The van der Waals surface area contributed by atoms with Gasteiger partial charge in [0.25, 0.3) is 0 Å². The average molecular weight is 459 g/mol. The molecule has 0 fully saturated rings. The molecule has 0 bridgehead atoms. The van der Waals surface area contributed by atoms with Crippen molar-refractivity contribution in [2.75, 3.05) is 6.54 Å². The Hall–Kier alpha value is -2.65. The summed E-state index contributed by atoms with van der Waals surface area (Å²) in [7, 11) is 0. The Balaban J connectivity index is 2.05. The van der Waals surface area contributed by atoms with E-state index >= 15 is 0 Å². The summed E-state index contributed by atoms with van der Waals surface area (Å²) in [4.78, 5) is 7.68. The van der Waals surface area contributed by atoms with Gasteiger partial charge >= 0.3 is 0 Å². The zero-order valence-electron chi connectivity index (χ0n) is 22.2. The largest absolute Gasteiger partial charge is 0.491 e. The van der Waals surface area contributed by atoms with Crippen molar-refractivity contribution < 1.29 is 4.74 Å². The van der Waals surface area contributed by atoms with Gasteiger partial charge in [0.1, 0.15) is 5.75 Å². The number of nitrogens with zero attached hydrogens (tertiary/aromatic N) is 2. The SMILES string of the molecule is CCc1cccc(CC)c1-c1cc(OC(C)C)c(CN(Cc2ccccc2)CC(C)C)c(C)n1. The second kappa shape index (κ2) is 12.2. The molecule has 34 heavy (non-hydrogen) atoms. The first kappa shape index (κ1) is 26.0. The Bertz CT molecular complexity index is 1030. The smallest absolute Gasteiger partial charge is 0.128 e. The van der Waals surface area contributed by atoms with Crippen LogP contribution in [-0.2, 0) is 25.9 Å². The predicted molar refractivity (Wildman–Crippen MR) is 144 cm³/mol. The summed E-state index contributed by atoms with van der Waals surface area (Å²) in [6, 6.07) is 19.5. The van der Waals surface area contributed by atoms with Gasteiger partial charge in [0, 0.05) is 42.5 Å². The summed E-state index contributed by atoms with van der Waals surface area (Å²) in [5.74, 6) is 1.54. The fourth-order valence-electron chi connectivity index (χ4n) is 4.69. The monoisotopic (exact) mass is 458 g/mol. The van der Waals surface area contributed by atoms with Gasteiger partial charge in [-0.15, -0.1) is 0 Å². The molecule has 0 saturated carbocycles. The van der Waals surface area contributed by atoms with E-state index in [4.69, 9.17) is 9.72 Å². The van der Waals surface area contributed by atoms with Gasteiger partial charge in [-0.1, -0.05) is 76.2 Å². The quantitative estimate of drug-likeness (QED) is 0.295. The van der Waals surface area contributed by atoms with Gasteiger partial charge in [-0.2, -0.15) is 0 Å². The number of hydrogen-bond donors (Lipinski definition) is 0. The Morgan fingerprint density at radius 2 is 1.50 bits per heavy atom. The molecule has 0 atom stereocenters. The van der Waals surface area contributed by atoms with Crippen LogP contribution in [0.1, 0.15) is 69.5 Å². The lowest BCUT2D eigenvalue weighted by Gasteiger charge is -2.27. The van der Waals surface area contributed by atoms with Crippen molar-refractivity contribution in [3.8, 4) is 17.0 Å². The van der Waals surface area contributed by atoms with Gasteiger partial charge < -0.3 is 4.74 Å². The van der Waals surface area contributed by atoms with E-state index in [1.54, 1.807) is 0 Å². The van der Waals surface area contributed by atoms with Crippen molar-refractivity contribution in [2.24, 2.45) is 5.92 Å². The van der Waals surface area contributed by atoms with Crippen molar-refractivity contribution >= 4 is 0 Å². The molecule has 0 radical (unpaired) electrons. The molecule has 0 saturated heterocycles. The van der Waals surface area contributed by atoms with Crippen molar-refractivity contribution in [3.05, 3.63) is 82.5 Å².